The molecule has 0 aliphatic heterocycles. The van der Waals surface area contributed by atoms with Crippen molar-refractivity contribution in [1.29, 1.82) is 0 Å². The fraction of sp³-hybridized carbons (Fsp3) is 0.667. The molecule has 2 aromatic heterocycles. The summed E-state index contributed by atoms with van der Waals surface area (Å²) >= 11 is 1.56. The van der Waals surface area contributed by atoms with Gasteiger partial charge in [0, 0.05) is 25.4 Å². The molecule has 0 bridgehead atoms. The van der Waals surface area contributed by atoms with Gasteiger partial charge in [-0.2, -0.15) is 4.68 Å². The number of hydrogen-bond acceptors (Lipinski definition) is 6. The number of nitrogens with one attached hydrogen (secondary N) is 1. The van der Waals surface area contributed by atoms with Gasteiger partial charge in [-0.05, 0) is 0 Å². The molecular weight excluding hydrogens is 260 g/mol. The number of aromatic nitrogens is 5. The SMILES string of the molecule is CCc1nc(CC)n(-c2nnc(CNC(C)C)s2)n1. The summed E-state index contributed by atoms with van der Waals surface area (Å²) in [5.74, 6) is 1.80. The molecule has 0 unspecified atom stereocenters. The predicted octanol–water partition coefficient (Wildman–Crippen LogP) is 1.74. The maximum absolute atomic E-state index is 4.48. The van der Waals surface area contributed by atoms with Gasteiger partial charge in [0.2, 0.25) is 5.13 Å². The van der Waals surface area contributed by atoms with Gasteiger partial charge in [0.15, 0.2) is 5.82 Å². The molecular formula is C12H20N6S. The van der Waals surface area contributed by atoms with Gasteiger partial charge in [-0.15, -0.1) is 15.3 Å². The summed E-state index contributed by atoms with van der Waals surface area (Å²) in [4.78, 5) is 4.48. The molecule has 2 heterocycles. The number of aryl methyl sites for hydroxylation is 2. The number of rotatable bonds is 6. The molecule has 19 heavy (non-hydrogen) atoms. The summed E-state index contributed by atoms with van der Waals surface area (Å²) < 4.78 is 1.81. The van der Waals surface area contributed by atoms with Gasteiger partial charge in [0.05, 0.1) is 0 Å². The Labute approximate surface area is 117 Å². The monoisotopic (exact) mass is 280 g/mol. The van der Waals surface area contributed by atoms with Crippen LogP contribution in [0.5, 0.6) is 0 Å². The summed E-state index contributed by atoms with van der Waals surface area (Å²) in [6, 6.07) is 0.441. The van der Waals surface area contributed by atoms with Crippen molar-refractivity contribution in [1.82, 2.24) is 30.3 Å². The van der Waals surface area contributed by atoms with E-state index in [4.69, 9.17) is 0 Å². The van der Waals surface area contributed by atoms with Crippen molar-refractivity contribution in [2.24, 2.45) is 0 Å². The van der Waals surface area contributed by atoms with Gasteiger partial charge < -0.3 is 5.32 Å². The fourth-order valence-corrected chi connectivity index (χ4v) is 2.38. The molecule has 2 aromatic rings. The molecule has 0 amide bonds. The molecule has 0 saturated carbocycles. The zero-order valence-electron chi connectivity index (χ0n) is 11.8. The summed E-state index contributed by atoms with van der Waals surface area (Å²) in [7, 11) is 0. The second-order valence-electron chi connectivity index (χ2n) is 4.58. The normalized spacial score (nSPS) is 11.4. The van der Waals surface area contributed by atoms with Crippen LogP contribution >= 0.6 is 11.3 Å². The van der Waals surface area contributed by atoms with Gasteiger partial charge >= 0.3 is 0 Å². The second kappa shape index (κ2) is 6.21. The Hall–Kier alpha value is -1.34. The van der Waals surface area contributed by atoms with Crippen LogP contribution in [0.4, 0.5) is 0 Å². The Kier molecular flexibility index (Phi) is 4.60. The maximum Gasteiger partial charge on any atom is 0.234 e. The Balaban J connectivity index is 2.19. The first-order chi connectivity index (χ1) is 9.13. The quantitative estimate of drug-likeness (QED) is 0.873. The minimum Gasteiger partial charge on any atom is -0.308 e. The molecule has 0 radical (unpaired) electrons. The molecule has 0 aromatic carbocycles. The van der Waals surface area contributed by atoms with Crippen LogP contribution in [0.15, 0.2) is 0 Å². The first-order valence-electron chi connectivity index (χ1n) is 6.65. The third-order valence-electron chi connectivity index (χ3n) is 2.65. The fourth-order valence-electron chi connectivity index (χ4n) is 1.62. The van der Waals surface area contributed by atoms with Gasteiger partial charge in [0.25, 0.3) is 0 Å². The van der Waals surface area contributed by atoms with Crippen LogP contribution in [0.1, 0.15) is 44.4 Å². The topological polar surface area (TPSA) is 68.5 Å². The lowest BCUT2D eigenvalue weighted by molar-refractivity contribution is 0.584. The molecule has 0 saturated heterocycles. The molecule has 1 N–H and O–H groups in total. The Morgan fingerprint density at radius 2 is 2.00 bits per heavy atom. The number of hydrogen-bond donors (Lipinski definition) is 1. The van der Waals surface area contributed by atoms with E-state index in [1.165, 1.54) is 0 Å². The van der Waals surface area contributed by atoms with Gasteiger partial charge in [0.1, 0.15) is 10.8 Å². The second-order valence-corrected chi connectivity index (χ2v) is 5.62. The first-order valence-corrected chi connectivity index (χ1v) is 7.46. The highest BCUT2D eigenvalue weighted by Gasteiger charge is 2.13. The van der Waals surface area contributed by atoms with Crippen LogP contribution in [-0.4, -0.2) is 31.0 Å². The average Bonchev–Trinajstić information content (AvgIpc) is 3.02. The van der Waals surface area contributed by atoms with E-state index < -0.39 is 0 Å². The summed E-state index contributed by atoms with van der Waals surface area (Å²) in [6.45, 7) is 9.09. The molecule has 6 nitrogen and oxygen atoms in total. The van der Waals surface area contributed by atoms with E-state index in [9.17, 15) is 0 Å². The van der Waals surface area contributed by atoms with Crippen molar-refractivity contribution in [2.75, 3.05) is 0 Å². The minimum absolute atomic E-state index is 0.441. The highest BCUT2D eigenvalue weighted by Crippen LogP contribution is 2.16. The van der Waals surface area contributed by atoms with Crippen molar-refractivity contribution in [3.63, 3.8) is 0 Å². The van der Waals surface area contributed by atoms with Crippen LogP contribution in [-0.2, 0) is 19.4 Å². The first kappa shape index (κ1) is 14.1. The summed E-state index contributed by atoms with van der Waals surface area (Å²) in [5.41, 5.74) is 0. The van der Waals surface area contributed by atoms with E-state index in [1.54, 1.807) is 11.3 Å². The zero-order chi connectivity index (χ0) is 13.8. The Bertz CT molecular complexity index is 530. The van der Waals surface area contributed by atoms with Crippen LogP contribution in [0.2, 0.25) is 0 Å². The van der Waals surface area contributed by atoms with E-state index in [2.05, 4.69) is 53.3 Å². The number of nitrogens with zero attached hydrogens (tertiary/aromatic N) is 5. The predicted molar refractivity (Wildman–Crippen MR) is 75.6 cm³/mol. The van der Waals surface area contributed by atoms with Gasteiger partial charge in [-0.3, -0.25) is 0 Å². The van der Waals surface area contributed by atoms with E-state index in [0.717, 1.165) is 41.2 Å². The molecule has 2 rings (SSSR count). The van der Waals surface area contributed by atoms with Gasteiger partial charge in [-0.25, -0.2) is 4.98 Å². The van der Waals surface area contributed by atoms with Crippen LogP contribution < -0.4 is 5.32 Å². The van der Waals surface area contributed by atoms with E-state index >= 15 is 0 Å². The van der Waals surface area contributed by atoms with Crippen LogP contribution in [0.25, 0.3) is 5.13 Å². The third-order valence-corrected chi connectivity index (χ3v) is 3.55. The van der Waals surface area contributed by atoms with Gasteiger partial charge in [-0.1, -0.05) is 39.0 Å². The third kappa shape index (κ3) is 3.36. The van der Waals surface area contributed by atoms with Crippen LogP contribution in [0, 0.1) is 0 Å². The Morgan fingerprint density at radius 1 is 1.21 bits per heavy atom. The largest absolute Gasteiger partial charge is 0.308 e. The molecule has 0 atom stereocenters. The molecule has 7 heteroatoms. The van der Waals surface area contributed by atoms with Crippen molar-refractivity contribution in [3.8, 4) is 5.13 Å². The molecule has 0 aliphatic rings. The van der Waals surface area contributed by atoms with Crippen molar-refractivity contribution in [2.45, 2.75) is 53.1 Å². The van der Waals surface area contributed by atoms with Crippen LogP contribution in [0.3, 0.4) is 0 Å². The minimum atomic E-state index is 0.441. The van der Waals surface area contributed by atoms with Crippen molar-refractivity contribution >= 4 is 11.3 Å². The van der Waals surface area contributed by atoms with Crippen molar-refractivity contribution in [3.05, 3.63) is 16.7 Å². The molecule has 0 fully saturated rings. The summed E-state index contributed by atoms with van der Waals surface area (Å²) in [6.07, 6.45) is 1.67. The van der Waals surface area contributed by atoms with E-state index in [-0.39, 0.29) is 0 Å². The molecule has 0 aliphatic carbocycles. The smallest absolute Gasteiger partial charge is 0.234 e. The highest BCUT2D eigenvalue weighted by atomic mass is 32.1. The van der Waals surface area contributed by atoms with E-state index in [1.807, 2.05) is 4.68 Å². The summed E-state index contributed by atoms with van der Waals surface area (Å²) in [5, 5.41) is 18.0. The average molecular weight is 280 g/mol. The molecule has 104 valence electrons. The lowest BCUT2D eigenvalue weighted by atomic mass is 10.4. The van der Waals surface area contributed by atoms with Crippen molar-refractivity contribution < 1.29 is 0 Å². The zero-order valence-corrected chi connectivity index (χ0v) is 12.7. The lowest BCUT2D eigenvalue weighted by Crippen LogP contribution is -2.21. The molecule has 0 spiro atoms. The standard InChI is InChI=1S/C12H20N6S/c1-5-9-14-10(6-2)18(17-9)12-16-15-11(19-12)7-13-8(3)4/h8,13H,5-7H2,1-4H3. The Morgan fingerprint density at radius 3 is 2.63 bits per heavy atom. The lowest BCUT2D eigenvalue weighted by Gasteiger charge is -2.03. The van der Waals surface area contributed by atoms with E-state index in [0.29, 0.717) is 6.04 Å². The maximum atomic E-state index is 4.48. The highest BCUT2D eigenvalue weighted by molar-refractivity contribution is 7.13.